The molecule has 2 heterocycles. The number of hydrogen-bond acceptors (Lipinski definition) is 2. The van der Waals surface area contributed by atoms with Crippen LogP contribution in [0.2, 0.25) is 0 Å². The lowest BCUT2D eigenvalue weighted by atomic mass is 10.0. The quantitative estimate of drug-likeness (QED) is 0.518. The molecule has 0 fully saturated rings. The summed E-state index contributed by atoms with van der Waals surface area (Å²) in [5.41, 5.74) is 5.16. The predicted octanol–water partition coefficient (Wildman–Crippen LogP) is 4.69. The highest BCUT2D eigenvalue weighted by atomic mass is 32.1. The maximum absolute atomic E-state index is 9.68. The van der Waals surface area contributed by atoms with Gasteiger partial charge in [-0.1, -0.05) is 54.7 Å². The lowest BCUT2D eigenvalue weighted by Gasteiger charge is -2.06. The van der Waals surface area contributed by atoms with Crippen molar-refractivity contribution in [2.45, 2.75) is 0 Å². The largest absolute Gasteiger partial charge is 0.338 e. The van der Waals surface area contributed by atoms with E-state index in [2.05, 4.69) is 11.1 Å². The van der Waals surface area contributed by atoms with Crippen LogP contribution >= 0.6 is 12.2 Å². The van der Waals surface area contributed by atoms with Crippen LogP contribution in [0, 0.1) is 16.0 Å². The molecule has 0 saturated heterocycles. The highest BCUT2D eigenvalue weighted by Crippen LogP contribution is 2.29. The number of para-hydroxylation sites is 2. The number of fused-ring (bicyclic) bond motifs is 3. The molecule has 0 radical (unpaired) electrons. The Morgan fingerprint density at radius 1 is 1.00 bits per heavy atom. The van der Waals surface area contributed by atoms with Crippen molar-refractivity contribution in [1.82, 2.24) is 9.38 Å². The number of nitrogens with zero attached hydrogens (tertiary/aromatic N) is 2. The van der Waals surface area contributed by atoms with Gasteiger partial charge < -0.3 is 4.98 Å². The van der Waals surface area contributed by atoms with Crippen LogP contribution in [-0.4, -0.2) is 9.38 Å². The van der Waals surface area contributed by atoms with Gasteiger partial charge in [-0.3, -0.25) is 4.40 Å². The van der Waals surface area contributed by atoms with E-state index in [9.17, 15) is 5.26 Å². The Labute approximate surface area is 132 Å². The molecule has 2 aromatic heterocycles. The third-order valence-corrected chi connectivity index (χ3v) is 4.11. The number of nitrogens with one attached hydrogen (secondary N) is 1. The van der Waals surface area contributed by atoms with E-state index in [1.165, 1.54) is 0 Å². The fraction of sp³-hybridized carbons (Fsp3) is 0. The van der Waals surface area contributed by atoms with Crippen LogP contribution in [0.3, 0.4) is 0 Å². The second-order valence-corrected chi connectivity index (χ2v) is 5.49. The minimum absolute atomic E-state index is 0.607. The van der Waals surface area contributed by atoms with Crippen molar-refractivity contribution in [3.63, 3.8) is 0 Å². The number of hydrogen-bond donors (Lipinski definition) is 1. The summed E-state index contributed by atoms with van der Waals surface area (Å²) < 4.78 is 2.61. The van der Waals surface area contributed by atoms with Gasteiger partial charge in [-0.05, 0) is 23.8 Å². The molecule has 2 aromatic carbocycles. The predicted molar refractivity (Wildman–Crippen MR) is 90.2 cm³/mol. The van der Waals surface area contributed by atoms with E-state index < -0.39 is 0 Å². The lowest BCUT2D eigenvalue weighted by molar-refractivity contribution is 1.19. The third kappa shape index (κ3) is 1.77. The summed E-state index contributed by atoms with van der Waals surface area (Å²) in [7, 11) is 0. The Balaban J connectivity index is 2.20. The van der Waals surface area contributed by atoms with E-state index in [-0.39, 0.29) is 0 Å². The van der Waals surface area contributed by atoms with Crippen molar-refractivity contribution < 1.29 is 0 Å². The highest BCUT2D eigenvalue weighted by Gasteiger charge is 2.14. The van der Waals surface area contributed by atoms with Gasteiger partial charge >= 0.3 is 0 Å². The first kappa shape index (κ1) is 12.8. The SMILES string of the molecule is N#Cc1c(-c2ccccc2)cc(=S)n2c1[nH]c1ccccc12. The molecule has 0 atom stereocenters. The zero-order valence-corrected chi connectivity index (χ0v) is 12.4. The smallest absolute Gasteiger partial charge is 0.135 e. The minimum atomic E-state index is 0.607. The lowest BCUT2D eigenvalue weighted by Crippen LogP contribution is -1.94. The Morgan fingerprint density at radius 3 is 2.50 bits per heavy atom. The van der Waals surface area contributed by atoms with Gasteiger partial charge in [0.05, 0.1) is 11.0 Å². The van der Waals surface area contributed by atoms with Gasteiger partial charge in [0, 0.05) is 5.56 Å². The van der Waals surface area contributed by atoms with Crippen molar-refractivity contribution in [3.05, 3.63) is 70.9 Å². The first-order chi connectivity index (χ1) is 10.8. The maximum Gasteiger partial charge on any atom is 0.135 e. The van der Waals surface area contributed by atoms with Gasteiger partial charge in [-0.25, -0.2) is 0 Å². The number of rotatable bonds is 1. The van der Waals surface area contributed by atoms with Crippen LogP contribution in [0.4, 0.5) is 0 Å². The molecule has 4 heteroatoms. The Morgan fingerprint density at radius 2 is 1.73 bits per heavy atom. The number of aromatic nitrogens is 2. The monoisotopic (exact) mass is 301 g/mol. The Bertz CT molecular complexity index is 1100. The molecule has 3 nitrogen and oxygen atoms in total. The van der Waals surface area contributed by atoms with Gasteiger partial charge in [-0.15, -0.1) is 0 Å². The molecule has 22 heavy (non-hydrogen) atoms. The molecular formula is C18H11N3S. The summed E-state index contributed by atoms with van der Waals surface area (Å²) in [6.07, 6.45) is 0. The molecule has 0 amide bonds. The van der Waals surface area contributed by atoms with Gasteiger partial charge in [-0.2, -0.15) is 5.26 Å². The van der Waals surface area contributed by atoms with Crippen LogP contribution in [0.1, 0.15) is 5.56 Å². The fourth-order valence-corrected chi connectivity index (χ4v) is 3.14. The summed E-state index contributed by atoms with van der Waals surface area (Å²) in [5.74, 6) is 0. The first-order valence-electron chi connectivity index (χ1n) is 6.91. The number of H-pyrrole nitrogens is 1. The Kier molecular flexibility index (Phi) is 2.81. The number of imidazole rings is 1. The highest BCUT2D eigenvalue weighted by molar-refractivity contribution is 7.71. The summed E-state index contributed by atoms with van der Waals surface area (Å²) in [6, 6.07) is 22.0. The summed E-state index contributed by atoms with van der Waals surface area (Å²) in [5, 5.41) is 9.68. The van der Waals surface area contributed by atoms with E-state index in [4.69, 9.17) is 12.2 Å². The van der Waals surface area contributed by atoms with Gasteiger partial charge in [0.1, 0.15) is 21.9 Å². The second-order valence-electron chi connectivity index (χ2n) is 5.08. The van der Waals surface area contributed by atoms with Crippen molar-refractivity contribution in [3.8, 4) is 17.2 Å². The average molecular weight is 301 g/mol. The molecule has 1 N–H and O–H groups in total. The molecule has 0 spiro atoms. The molecule has 4 aromatic rings. The van der Waals surface area contributed by atoms with E-state index in [0.717, 1.165) is 27.8 Å². The molecule has 0 saturated carbocycles. The van der Waals surface area contributed by atoms with Gasteiger partial charge in [0.15, 0.2) is 0 Å². The molecule has 0 aliphatic carbocycles. The molecule has 0 unspecified atom stereocenters. The summed E-state index contributed by atoms with van der Waals surface area (Å²) in [6.45, 7) is 0. The van der Waals surface area contributed by atoms with E-state index in [1.807, 2.05) is 65.1 Å². The summed E-state index contributed by atoms with van der Waals surface area (Å²) >= 11 is 5.56. The molecule has 104 valence electrons. The van der Waals surface area contributed by atoms with E-state index >= 15 is 0 Å². The standard InChI is InChI=1S/C18H11N3S/c19-11-14-13(12-6-2-1-3-7-12)10-17(22)21-16-9-5-4-8-15(16)20-18(14)21/h1-10,20H. The van der Waals surface area contributed by atoms with Crippen molar-refractivity contribution in [2.24, 2.45) is 0 Å². The molecule has 0 bridgehead atoms. The second kappa shape index (κ2) is 4.83. The maximum atomic E-state index is 9.68. The number of aromatic amines is 1. The molecule has 4 rings (SSSR count). The van der Waals surface area contributed by atoms with Crippen LogP contribution in [-0.2, 0) is 0 Å². The van der Waals surface area contributed by atoms with Crippen LogP contribution in [0.25, 0.3) is 27.8 Å². The number of nitriles is 1. The third-order valence-electron chi connectivity index (χ3n) is 3.81. The first-order valence-corrected chi connectivity index (χ1v) is 7.32. The van der Waals surface area contributed by atoms with Crippen LogP contribution in [0.15, 0.2) is 60.7 Å². The number of pyridine rings is 1. The topological polar surface area (TPSA) is 44.0 Å². The van der Waals surface area contributed by atoms with Gasteiger partial charge in [0.25, 0.3) is 0 Å². The van der Waals surface area contributed by atoms with Crippen molar-refractivity contribution in [1.29, 1.82) is 5.26 Å². The van der Waals surface area contributed by atoms with Crippen molar-refractivity contribution in [2.75, 3.05) is 0 Å². The average Bonchev–Trinajstić information content (AvgIpc) is 2.95. The zero-order chi connectivity index (χ0) is 15.1. The fourth-order valence-electron chi connectivity index (χ4n) is 2.83. The van der Waals surface area contributed by atoms with Crippen LogP contribution < -0.4 is 0 Å². The van der Waals surface area contributed by atoms with E-state index in [0.29, 0.717) is 10.2 Å². The molecule has 0 aliphatic rings. The van der Waals surface area contributed by atoms with Crippen LogP contribution in [0.5, 0.6) is 0 Å². The van der Waals surface area contributed by atoms with Gasteiger partial charge in [0.2, 0.25) is 0 Å². The van der Waals surface area contributed by atoms with Crippen molar-refractivity contribution >= 4 is 28.9 Å². The van der Waals surface area contributed by atoms with E-state index in [1.54, 1.807) is 0 Å². The zero-order valence-electron chi connectivity index (χ0n) is 11.6. The normalized spacial score (nSPS) is 10.9. The Hall–Kier alpha value is -2.90. The molecular weight excluding hydrogens is 290 g/mol. The molecule has 0 aliphatic heterocycles. The minimum Gasteiger partial charge on any atom is -0.338 e. The summed E-state index contributed by atoms with van der Waals surface area (Å²) in [4.78, 5) is 3.32. The number of benzene rings is 2.